The van der Waals surface area contributed by atoms with Crippen LogP contribution in [-0.2, 0) is 33.2 Å². The van der Waals surface area contributed by atoms with Crippen molar-refractivity contribution in [3.8, 4) is 0 Å². The van der Waals surface area contributed by atoms with Crippen LogP contribution in [0.15, 0.2) is 71.6 Å². The predicted molar refractivity (Wildman–Crippen MR) is 169 cm³/mol. The number of piperidine rings is 1. The Labute approximate surface area is 256 Å². The molecule has 0 aromatic heterocycles. The van der Waals surface area contributed by atoms with Gasteiger partial charge in [0.15, 0.2) is 0 Å². The Morgan fingerprint density at radius 1 is 0.953 bits per heavy atom. The number of nitrogens with one attached hydrogen (secondary N) is 2. The molecule has 2 N–H and O–H groups in total. The fraction of sp³-hybridized carbons (Fsp3) is 0.457. The molecule has 0 bridgehead atoms. The van der Waals surface area contributed by atoms with E-state index in [0.717, 1.165) is 50.0 Å². The van der Waals surface area contributed by atoms with Gasteiger partial charge in [0.2, 0.25) is 15.9 Å². The van der Waals surface area contributed by atoms with E-state index in [1.54, 1.807) is 12.1 Å². The minimum atomic E-state index is -3.95. The van der Waals surface area contributed by atoms with Crippen molar-refractivity contribution in [1.29, 1.82) is 0 Å². The van der Waals surface area contributed by atoms with Gasteiger partial charge in [-0.15, -0.1) is 0 Å². The highest BCUT2D eigenvalue weighted by Crippen LogP contribution is 2.32. The summed E-state index contributed by atoms with van der Waals surface area (Å²) in [6.45, 7) is 9.46. The summed E-state index contributed by atoms with van der Waals surface area (Å²) in [5, 5.41) is 3.18. The van der Waals surface area contributed by atoms with Gasteiger partial charge in [0.1, 0.15) is 5.82 Å². The summed E-state index contributed by atoms with van der Waals surface area (Å²) < 4.78 is 43.3. The number of hydrogen-bond acceptors (Lipinski definition) is 4. The molecule has 0 spiro atoms. The maximum absolute atomic E-state index is 13.7. The van der Waals surface area contributed by atoms with Gasteiger partial charge in [-0.25, -0.2) is 17.5 Å². The van der Waals surface area contributed by atoms with Crippen LogP contribution in [0.3, 0.4) is 0 Å². The maximum Gasteiger partial charge on any atom is 0.241 e. The van der Waals surface area contributed by atoms with E-state index >= 15 is 0 Å². The van der Waals surface area contributed by atoms with E-state index in [1.807, 2.05) is 12.1 Å². The largest absolute Gasteiger partial charge is 0.349 e. The molecule has 0 radical (unpaired) electrons. The molecule has 1 amide bonds. The fourth-order valence-electron chi connectivity index (χ4n) is 6.24. The number of benzene rings is 3. The lowest BCUT2D eigenvalue weighted by molar-refractivity contribution is -0.122. The average molecular weight is 606 g/mol. The van der Waals surface area contributed by atoms with Crippen molar-refractivity contribution in [1.82, 2.24) is 14.9 Å². The first-order chi connectivity index (χ1) is 20.5. The first-order valence-corrected chi connectivity index (χ1v) is 17.0. The number of carbonyl (C=O) groups excluding carboxylic acids is 1. The van der Waals surface area contributed by atoms with Crippen LogP contribution in [0.2, 0.25) is 0 Å². The van der Waals surface area contributed by atoms with Crippen molar-refractivity contribution in [2.75, 3.05) is 13.1 Å². The van der Waals surface area contributed by atoms with Crippen LogP contribution in [-0.4, -0.2) is 32.3 Å². The van der Waals surface area contributed by atoms with Crippen molar-refractivity contribution < 1.29 is 17.6 Å². The summed E-state index contributed by atoms with van der Waals surface area (Å²) in [7, 11) is -3.95. The SMILES string of the molecule is CC(C)(C)c1ccc(S(=O)(=O)N[C@H](CC(=O)N[C@@H]2CCCc3cc(CN4CCCCC4)ccc32)c2ccc(F)cc2)cc1. The fourth-order valence-corrected chi connectivity index (χ4v) is 7.47. The summed E-state index contributed by atoms with van der Waals surface area (Å²) in [5.41, 5.74) is 5.16. The third-order valence-electron chi connectivity index (χ3n) is 8.70. The van der Waals surface area contributed by atoms with Crippen LogP contribution in [0.1, 0.15) is 99.2 Å². The van der Waals surface area contributed by atoms with Crippen molar-refractivity contribution in [2.45, 2.75) is 94.7 Å². The van der Waals surface area contributed by atoms with E-state index in [-0.39, 0.29) is 28.7 Å². The molecule has 1 fully saturated rings. The molecule has 0 saturated carbocycles. The minimum Gasteiger partial charge on any atom is -0.349 e. The first-order valence-electron chi connectivity index (χ1n) is 15.5. The van der Waals surface area contributed by atoms with Gasteiger partial charge >= 0.3 is 0 Å². The second-order valence-electron chi connectivity index (χ2n) is 13.1. The van der Waals surface area contributed by atoms with Gasteiger partial charge in [-0.3, -0.25) is 9.69 Å². The smallest absolute Gasteiger partial charge is 0.241 e. The van der Waals surface area contributed by atoms with Gasteiger partial charge in [0, 0.05) is 13.0 Å². The summed E-state index contributed by atoms with van der Waals surface area (Å²) in [5.74, 6) is -0.679. The molecule has 2 atom stereocenters. The molecule has 6 nitrogen and oxygen atoms in total. The van der Waals surface area contributed by atoms with E-state index in [0.29, 0.717) is 5.56 Å². The molecular weight excluding hydrogens is 561 g/mol. The standard InChI is InChI=1S/C35H44FN3O3S/c1-35(2,3)28-13-17-30(18-14-28)43(41,42)38-33(26-11-15-29(36)16-12-26)23-34(40)37-32-9-7-8-27-22-25(10-19-31(27)32)24-39-20-5-4-6-21-39/h10-19,22,32-33,38H,4-9,20-21,23-24H2,1-3H3,(H,37,40)/t32-,33-/m1/s1. The van der Waals surface area contributed by atoms with Crippen molar-refractivity contribution in [2.24, 2.45) is 0 Å². The van der Waals surface area contributed by atoms with Gasteiger partial charge in [0.25, 0.3) is 0 Å². The van der Waals surface area contributed by atoms with E-state index in [9.17, 15) is 17.6 Å². The quantitative estimate of drug-likeness (QED) is 0.284. The second-order valence-corrected chi connectivity index (χ2v) is 14.8. The Kier molecular flexibility index (Phi) is 9.69. The van der Waals surface area contributed by atoms with Gasteiger partial charge < -0.3 is 5.32 Å². The average Bonchev–Trinajstić information content (AvgIpc) is 2.97. The third kappa shape index (κ3) is 8.11. The van der Waals surface area contributed by atoms with Crippen molar-refractivity contribution in [3.63, 3.8) is 0 Å². The van der Waals surface area contributed by atoms with Crippen molar-refractivity contribution in [3.05, 3.63) is 100 Å². The zero-order chi connectivity index (χ0) is 30.6. The normalized spacial score (nSPS) is 18.6. The Bertz CT molecular complexity index is 1510. The molecule has 0 unspecified atom stereocenters. The molecule has 8 heteroatoms. The molecule has 230 valence electrons. The monoisotopic (exact) mass is 605 g/mol. The van der Waals surface area contributed by atoms with Gasteiger partial charge in [-0.2, -0.15) is 0 Å². The number of rotatable bonds is 9. The van der Waals surface area contributed by atoms with Crippen molar-refractivity contribution >= 4 is 15.9 Å². The Morgan fingerprint density at radius 3 is 2.33 bits per heavy atom. The number of nitrogens with zero attached hydrogens (tertiary/aromatic N) is 1. The summed E-state index contributed by atoms with van der Waals surface area (Å²) in [6.07, 6.45) is 6.53. The van der Waals surface area contributed by atoms with Crippen LogP contribution in [0, 0.1) is 5.82 Å². The molecule has 5 rings (SSSR count). The van der Waals surface area contributed by atoms with E-state index in [4.69, 9.17) is 0 Å². The maximum atomic E-state index is 13.7. The Morgan fingerprint density at radius 2 is 1.65 bits per heavy atom. The lowest BCUT2D eigenvalue weighted by Gasteiger charge is -2.29. The molecule has 1 saturated heterocycles. The Hall–Kier alpha value is -3.07. The number of halogens is 1. The van der Waals surface area contributed by atoms with E-state index in [1.165, 1.54) is 54.7 Å². The van der Waals surface area contributed by atoms with Crippen LogP contribution < -0.4 is 10.0 Å². The zero-order valence-electron chi connectivity index (χ0n) is 25.5. The topological polar surface area (TPSA) is 78.5 Å². The number of hydrogen-bond donors (Lipinski definition) is 2. The minimum absolute atomic E-state index is 0.107. The summed E-state index contributed by atoms with van der Waals surface area (Å²) in [6, 6.07) is 18.1. The molecule has 2 aliphatic rings. The molecule has 3 aromatic rings. The number of carbonyl (C=O) groups is 1. The van der Waals surface area contributed by atoms with Gasteiger partial charge in [-0.1, -0.05) is 69.7 Å². The number of aryl methyl sites for hydroxylation is 1. The third-order valence-corrected chi connectivity index (χ3v) is 10.2. The van der Waals surface area contributed by atoms with Gasteiger partial charge in [0.05, 0.1) is 17.0 Å². The van der Waals surface area contributed by atoms with Crippen LogP contribution in [0.25, 0.3) is 0 Å². The highest BCUT2D eigenvalue weighted by Gasteiger charge is 2.27. The molecule has 1 heterocycles. The number of amides is 1. The number of sulfonamides is 1. The molecule has 3 aromatic carbocycles. The highest BCUT2D eigenvalue weighted by molar-refractivity contribution is 7.89. The van der Waals surface area contributed by atoms with Crippen LogP contribution in [0.5, 0.6) is 0 Å². The molecule has 1 aliphatic heterocycles. The highest BCUT2D eigenvalue weighted by atomic mass is 32.2. The Balaban J connectivity index is 1.30. The second kappa shape index (κ2) is 13.3. The van der Waals surface area contributed by atoms with Crippen LogP contribution in [0.4, 0.5) is 4.39 Å². The lowest BCUT2D eigenvalue weighted by atomic mass is 9.86. The molecule has 43 heavy (non-hydrogen) atoms. The first kappa shape index (κ1) is 31.4. The van der Waals surface area contributed by atoms with E-state index in [2.05, 4.69) is 53.9 Å². The molecule has 1 aliphatic carbocycles. The summed E-state index contributed by atoms with van der Waals surface area (Å²) in [4.78, 5) is 16.1. The molecular formula is C35H44FN3O3S. The van der Waals surface area contributed by atoms with Crippen LogP contribution >= 0.6 is 0 Å². The van der Waals surface area contributed by atoms with E-state index < -0.39 is 21.9 Å². The van der Waals surface area contributed by atoms with Gasteiger partial charge in [-0.05, 0) is 103 Å². The lowest BCUT2D eigenvalue weighted by Crippen LogP contribution is -2.36. The number of fused-ring (bicyclic) bond motifs is 1. The number of likely N-dealkylation sites (tertiary alicyclic amines) is 1. The predicted octanol–water partition coefficient (Wildman–Crippen LogP) is 6.71. The zero-order valence-corrected chi connectivity index (χ0v) is 26.4. The summed E-state index contributed by atoms with van der Waals surface area (Å²) >= 11 is 0.